The van der Waals surface area contributed by atoms with Crippen molar-refractivity contribution in [3.8, 4) is 0 Å². The Hall–Kier alpha value is -1.20. The Morgan fingerprint density at radius 2 is 0.333 bits per heavy atom. The summed E-state index contributed by atoms with van der Waals surface area (Å²) in [6.45, 7) is -2.11. The molecule has 22 aliphatic rings. The zero-order valence-corrected chi connectivity index (χ0v) is 40.3. The van der Waals surface area contributed by atoms with Crippen molar-refractivity contribution in [2.75, 3.05) is 82.3 Å². The molecule has 22 fully saturated rings. The topological polar surface area (TPSA) is 409 Å². The van der Waals surface area contributed by atoms with Crippen LogP contribution in [0.2, 0.25) is 0 Å². The number of methoxy groups -OCH3 is 6. The molecule has 0 spiro atoms. The molecule has 0 amide bonds. The molecule has 22 rings (SSSR count). The molecule has 0 aliphatic carbocycles. The summed E-state index contributed by atoms with van der Waals surface area (Å²) < 4.78 is 104. The van der Waals surface area contributed by atoms with Crippen LogP contribution < -0.4 is 0 Å². The lowest BCUT2D eigenvalue weighted by atomic mass is 9.94. The molecule has 6 unspecified atom stereocenters. The molecule has 22 aliphatic heterocycles. The Morgan fingerprint density at radius 3 is 0.444 bits per heavy atom. The number of hydrogen-bond acceptors (Lipinski definition) is 30. The van der Waals surface area contributed by atoms with Gasteiger partial charge in [0.05, 0.1) is 39.6 Å². The molecule has 22 saturated heterocycles. The van der Waals surface area contributed by atoms with Gasteiger partial charge in [-0.3, -0.25) is 0 Å². The van der Waals surface area contributed by atoms with Gasteiger partial charge in [0, 0.05) is 42.7 Å². The molecule has 0 aromatic heterocycles. The fourth-order valence-corrected chi connectivity index (χ4v) is 9.84. The third-order valence-corrected chi connectivity index (χ3v) is 13.6. The molecule has 30 atom stereocenters. The van der Waals surface area contributed by atoms with E-state index in [4.69, 9.17) is 85.3 Å². The van der Waals surface area contributed by atoms with Crippen LogP contribution >= 0.6 is 0 Å². The Kier molecular flexibility index (Phi) is 21.1. The van der Waals surface area contributed by atoms with Gasteiger partial charge in [0.15, 0.2) is 37.7 Å². The lowest BCUT2D eigenvalue weighted by Gasteiger charge is -2.51. The fourth-order valence-electron chi connectivity index (χ4n) is 9.84. The quantitative estimate of drug-likeness (QED) is 0.0863. The number of rotatable bonds is 12. The summed E-state index contributed by atoms with van der Waals surface area (Å²) in [5.41, 5.74) is 0. The van der Waals surface area contributed by atoms with Crippen molar-refractivity contribution in [2.45, 2.75) is 184 Å². The third-order valence-electron chi connectivity index (χ3n) is 13.6. The van der Waals surface area contributed by atoms with Crippen LogP contribution in [0.4, 0.5) is 0 Å². The summed E-state index contributed by atoms with van der Waals surface area (Å²) in [6, 6.07) is 0. The van der Waals surface area contributed by atoms with E-state index in [-0.39, 0.29) is 39.6 Å². The van der Waals surface area contributed by atoms with Gasteiger partial charge in [-0.2, -0.15) is 0 Å². The third kappa shape index (κ3) is 12.2. The zero-order valence-electron chi connectivity index (χ0n) is 40.3. The summed E-state index contributed by atoms with van der Waals surface area (Å²) in [6.07, 6.45) is -52.1. The molecule has 0 radical (unpaired) electrons. The highest BCUT2D eigenvalue weighted by Crippen LogP contribution is 2.38. The average Bonchev–Trinajstić information content (AvgIpc) is 3.35. The van der Waals surface area contributed by atoms with Gasteiger partial charge in [0.1, 0.15) is 146 Å². The lowest BCUT2D eigenvalue weighted by Crippen LogP contribution is -2.69. The molecular weight excluding hydrogens is 984 g/mol. The molecule has 12 bridgehead atoms. The van der Waals surface area contributed by atoms with Crippen LogP contribution in [0, 0.1) is 0 Å². The van der Waals surface area contributed by atoms with E-state index < -0.39 is 184 Å². The second kappa shape index (κ2) is 26.0. The Balaban J connectivity index is 1.23. The molecule has 12 N–H and O–H groups in total. The molecule has 30 heteroatoms. The molecule has 0 aromatic rings. The van der Waals surface area contributed by atoms with Crippen LogP contribution in [0.15, 0.2) is 0 Å². The van der Waals surface area contributed by atoms with Crippen LogP contribution in [0.5, 0.6) is 0 Å². The van der Waals surface area contributed by atoms with Crippen LogP contribution in [-0.2, 0) is 85.3 Å². The van der Waals surface area contributed by atoms with Crippen molar-refractivity contribution in [3.63, 3.8) is 0 Å². The first kappa shape index (κ1) is 58.5. The summed E-state index contributed by atoms with van der Waals surface area (Å²) in [7, 11) is 7.69. The standard InChI is InChI=1S/C42H72O30/c1-55-7-13-31-19(43)25(49)37(61-13)68-32-14(8-56-2)63-39(27(51)21(32)45)70-34-16(10-58-4)65-41(29(53)23(34)47)72-36-18(12-60-6)66-42(30(54)24(36)48)71-35-17(11-59-5)64-40(28(52)22(35)46)69-33-15(9-57-3)62-38(67-31)26(50)20(33)44/h13-54H,7-12H2,1-6H3/t13-,14-,15-,16-,17-,18-,19-,20-,21-,22-,23-,24-,25-,26-,27-,28-,29-,30-,31?,32?,33?,34?,35?,36?,37-,38-,39-,40-,41-,42-/m1/s1. The van der Waals surface area contributed by atoms with E-state index in [9.17, 15) is 61.3 Å². The van der Waals surface area contributed by atoms with Gasteiger partial charge in [0.2, 0.25) is 0 Å². The maximum absolute atomic E-state index is 11.6. The van der Waals surface area contributed by atoms with Crippen LogP contribution in [0.3, 0.4) is 0 Å². The van der Waals surface area contributed by atoms with Crippen molar-refractivity contribution in [2.24, 2.45) is 0 Å². The summed E-state index contributed by atoms with van der Waals surface area (Å²) in [5, 5.41) is 138. The van der Waals surface area contributed by atoms with Crippen LogP contribution in [0.25, 0.3) is 0 Å². The number of hydrogen-bond donors (Lipinski definition) is 12. The maximum Gasteiger partial charge on any atom is 0.187 e. The van der Waals surface area contributed by atoms with E-state index in [0.717, 1.165) is 0 Å². The zero-order chi connectivity index (χ0) is 52.3. The van der Waals surface area contributed by atoms with Crippen molar-refractivity contribution in [1.82, 2.24) is 0 Å². The average molecular weight is 1060 g/mol. The van der Waals surface area contributed by atoms with Gasteiger partial charge in [-0.05, 0) is 0 Å². The second-order valence-corrected chi connectivity index (χ2v) is 18.5. The Bertz CT molecular complexity index is 1330. The highest BCUT2D eigenvalue weighted by Gasteiger charge is 2.59. The SMILES string of the molecule is COC[C@H]1O[C@@H]2OC3[C@@H](COC)O[C@H](OC4[C@@H](COC)O[C@H](OC5[C@@H](COC)O[C@H](OC6[C@@H](COC)O[C@H](OC7[C@@H](COC)O[C@H](OC1[C@H](O)[C@H]2O)[C@H](O)[C@H]7O)[C@H](O)[C@H]6O)[C@H](O)[C@H]5O)[C@H](O)[C@H]4O)[C@H](O)[C@H]3O. The monoisotopic (exact) mass is 1060 g/mol. The summed E-state index contributed by atoms with van der Waals surface area (Å²) >= 11 is 0. The van der Waals surface area contributed by atoms with E-state index in [1.165, 1.54) is 42.7 Å². The highest BCUT2D eigenvalue weighted by molar-refractivity contribution is 5.01. The van der Waals surface area contributed by atoms with Gasteiger partial charge in [-0.1, -0.05) is 0 Å². The first-order valence-corrected chi connectivity index (χ1v) is 23.4. The van der Waals surface area contributed by atoms with Gasteiger partial charge in [-0.25, -0.2) is 0 Å². The van der Waals surface area contributed by atoms with Crippen molar-refractivity contribution >= 4 is 0 Å². The molecule has 30 nitrogen and oxygen atoms in total. The van der Waals surface area contributed by atoms with Crippen molar-refractivity contribution in [3.05, 3.63) is 0 Å². The summed E-state index contributed by atoms with van der Waals surface area (Å²) in [4.78, 5) is 0. The normalized spacial score (nSPS) is 51.8. The van der Waals surface area contributed by atoms with Crippen molar-refractivity contribution < 1.29 is 147 Å². The molecule has 420 valence electrons. The number of aliphatic hydroxyl groups is 12. The summed E-state index contributed by atoms with van der Waals surface area (Å²) in [5.74, 6) is 0. The minimum absolute atomic E-state index is 0.351. The first-order chi connectivity index (χ1) is 34.4. The van der Waals surface area contributed by atoms with Gasteiger partial charge in [0.25, 0.3) is 0 Å². The van der Waals surface area contributed by atoms with E-state index >= 15 is 0 Å². The predicted molar refractivity (Wildman–Crippen MR) is 225 cm³/mol. The van der Waals surface area contributed by atoms with E-state index in [1.807, 2.05) is 0 Å². The van der Waals surface area contributed by atoms with Crippen LogP contribution in [0.1, 0.15) is 0 Å². The minimum atomic E-state index is -2.00. The fraction of sp³-hybridized carbons (Fsp3) is 1.00. The van der Waals surface area contributed by atoms with E-state index in [2.05, 4.69) is 0 Å². The van der Waals surface area contributed by atoms with Gasteiger partial charge < -0.3 is 147 Å². The molecular formula is C42H72O30. The Morgan fingerprint density at radius 1 is 0.208 bits per heavy atom. The molecule has 22 heterocycles. The Labute approximate surface area is 412 Å². The van der Waals surface area contributed by atoms with E-state index in [0.29, 0.717) is 0 Å². The molecule has 72 heavy (non-hydrogen) atoms. The second-order valence-electron chi connectivity index (χ2n) is 18.5. The smallest absolute Gasteiger partial charge is 0.187 e. The largest absolute Gasteiger partial charge is 0.387 e. The maximum atomic E-state index is 11.6. The first-order valence-electron chi connectivity index (χ1n) is 23.4. The molecule has 0 saturated carbocycles. The number of aliphatic hydroxyl groups excluding tert-OH is 12. The lowest BCUT2D eigenvalue weighted by molar-refractivity contribution is -0.404. The van der Waals surface area contributed by atoms with Gasteiger partial charge >= 0.3 is 0 Å². The van der Waals surface area contributed by atoms with Crippen molar-refractivity contribution in [1.29, 1.82) is 0 Å². The highest BCUT2D eigenvalue weighted by atomic mass is 16.8. The minimum Gasteiger partial charge on any atom is -0.387 e. The van der Waals surface area contributed by atoms with Gasteiger partial charge in [-0.15, -0.1) is 0 Å². The molecule has 0 aromatic carbocycles. The van der Waals surface area contributed by atoms with E-state index in [1.54, 1.807) is 0 Å². The number of ether oxygens (including phenoxy) is 18. The predicted octanol–water partition coefficient (Wildman–Crippen LogP) is -9.13. The van der Waals surface area contributed by atoms with Crippen LogP contribution in [-0.4, -0.2) is 328 Å².